The van der Waals surface area contributed by atoms with Gasteiger partial charge in [0, 0.05) is 19.0 Å². The number of hydrogen-bond donors (Lipinski definition) is 2. The highest BCUT2D eigenvalue weighted by atomic mass is 35.5. The molecule has 0 aromatic heterocycles. The summed E-state index contributed by atoms with van der Waals surface area (Å²) in [4.78, 5) is 23.1. The van der Waals surface area contributed by atoms with Crippen LogP contribution < -0.4 is 11.1 Å². The van der Waals surface area contributed by atoms with Crippen molar-refractivity contribution in [1.29, 1.82) is 0 Å². The third-order valence-corrected chi connectivity index (χ3v) is 3.46. The van der Waals surface area contributed by atoms with Crippen LogP contribution in [-0.2, 0) is 14.3 Å². The van der Waals surface area contributed by atoms with Gasteiger partial charge in [-0.15, -0.1) is 12.4 Å². The Morgan fingerprint density at radius 1 is 1.42 bits per heavy atom. The molecule has 6 heteroatoms. The molecule has 0 saturated heterocycles. The van der Waals surface area contributed by atoms with E-state index in [0.717, 1.165) is 19.3 Å². The van der Waals surface area contributed by atoms with Crippen LogP contribution in [0.5, 0.6) is 0 Å². The molecule has 3 atom stereocenters. The Morgan fingerprint density at radius 3 is 2.63 bits per heavy atom. The summed E-state index contributed by atoms with van der Waals surface area (Å²) in [6.45, 7) is 4.22. The third kappa shape index (κ3) is 6.25. The second-order valence-electron chi connectivity index (χ2n) is 5.02. The lowest BCUT2D eigenvalue weighted by atomic mass is 10.00. The fourth-order valence-corrected chi connectivity index (χ4v) is 2.26. The molecule has 0 aliphatic heterocycles. The number of amides is 1. The monoisotopic (exact) mass is 292 g/mol. The number of halogens is 1. The SMILES string of the molecule is CCOC(=O)C(C)CNC(=O)C[C@@H]1CCC[C@H]1N.Cl. The van der Waals surface area contributed by atoms with Crippen LogP contribution >= 0.6 is 12.4 Å². The average Bonchev–Trinajstić information content (AvgIpc) is 2.72. The van der Waals surface area contributed by atoms with Crippen molar-refractivity contribution in [2.24, 2.45) is 17.6 Å². The standard InChI is InChI=1S/C13H24N2O3.ClH/c1-3-18-13(17)9(2)8-15-12(16)7-10-5-4-6-11(10)14;/h9-11H,3-8,14H2,1-2H3,(H,15,16);1H/t9?,10-,11+;/m0./s1. The first kappa shape index (κ1) is 18.2. The second-order valence-corrected chi connectivity index (χ2v) is 5.02. The van der Waals surface area contributed by atoms with E-state index < -0.39 is 0 Å². The van der Waals surface area contributed by atoms with Gasteiger partial charge in [-0.3, -0.25) is 9.59 Å². The molecule has 1 aliphatic carbocycles. The van der Waals surface area contributed by atoms with E-state index in [1.165, 1.54) is 0 Å². The van der Waals surface area contributed by atoms with Crippen LogP contribution in [0.3, 0.4) is 0 Å². The topological polar surface area (TPSA) is 81.4 Å². The van der Waals surface area contributed by atoms with Crippen LogP contribution in [0.1, 0.15) is 39.5 Å². The highest BCUT2D eigenvalue weighted by Crippen LogP contribution is 2.26. The molecule has 1 fully saturated rings. The summed E-state index contributed by atoms with van der Waals surface area (Å²) >= 11 is 0. The molecule has 1 aliphatic rings. The molecule has 112 valence electrons. The van der Waals surface area contributed by atoms with Gasteiger partial charge in [0.1, 0.15) is 0 Å². The zero-order valence-corrected chi connectivity index (χ0v) is 12.5. The van der Waals surface area contributed by atoms with Gasteiger partial charge < -0.3 is 15.8 Å². The van der Waals surface area contributed by atoms with Crippen molar-refractivity contribution in [3.8, 4) is 0 Å². The summed E-state index contributed by atoms with van der Waals surface area (Å²) in [7, 11) is 0. The van der Waals surface area contributed by atoms with Gasteiger partial charge in [-0.05, 0) is 25.7 Å². The molecule has 0 spiro atoms. The number of hydrogen-bond acceptors (Lipinski definition) is 4. The van der Waals surface area contributed by atoms with Gasteiger partial charge in [-0.1, -0.05) is 13.3 Å². The molecule has 0 bridgehead atoms. The Balaban J connectivity index is 0.00000324. The van der Waals surface area contributed by atoms with Gasteiger partial charge in [0.15, 0.2) is 0 Å². The minimum atomic E-state index is -0.300. The molecular weight excluding hydrogens is 268 g/mol. The zero-order valence-electron chi connectivity index (χ0n) is 11.7. The van der Waals surface area contributed by atoms with Gasteiger partial charge in [0.25, 0.3) is 0 Å². The Kier molecular flexibility index (Phi) is 8.76. The summed E-state index contributed by atoms with van der Waals surface area (Å²) in [5.41, 5.74) is 5.92. The quantitative estimate of drug-likeness (QED) is 0.722. The van der Waals surface area contributed by atoms with Crippen molar-refractivity contribution in [3.63, 3.8) is 0 Å². The number of nitrogens with two attached hydrogens (primary N) is 1. The number of carbonyl (C=O) groups excluding carboxylic acids is 2. The second kappa shape index (κ2) is 9.15. The summed E-state index contributed by atoms with van der Waals surface area (Å²) in [6, 6.07) is 0.151. The third-order valence-electron chi connectivity index (χ3n) is 3.46. The summed E-state index contributed by atoms with van der Waals surface area (Å²) < 4.78 is 4.88. The smallest absolute Gasteiger partial charge is 0.310 e. The van der Waals surface area contributed by atoms with Crippen molar-refractivity contribution in [2.45, 2.75) is 45.6 Å². The molecule has 0 radical (unpaired) electrons. The van der Waals surface area contributed by atoms with Crippen LogP contribution in [0.25, 0.3) is 0 Å². The first-order valence-corrected chi connectivity index (χ1v) is 6.73. The Labute approximate surface area is 121 Å². The van der Waals surface area contributed by atoms with Crippen molar-refractivity contribution in [2.75, 3.05) is 13.2 Å². The lowest BCUT2D eigenvalue weighted by Crippen LogP contribution is -2.35. The molecule has 1 saturated carbocycles. The maximum absolute atomic E-state index is 11.7. The number of nitrogens with one attached hydrogen (secondary N) is 1. The molecule has 1 unspecified atom stereocenters. The van der Waals surface area contributed by atoms with Crippen molar-refractivity contribution in [3.05, 3.63) is 0 Å². The first-order chi connectivity index (χ1) is 8.54. The maximum Gasteiger partial charge on any atom is 0.310 e. The van der Waals surface area contributed by atoms with E-state index in [9.17, 15) is 9.59 Å². The molecule has 0 aromatic rings. The maximum atomic E-state index is 11.7. The molecule has 0 heterocycles. The lowest BCUT2D eigenvalue weighted by Gasteiger charge is -2.16. The van der Waals surface area contributed by atoms with E-state index in [1.807, 2.05) is 0 Å². The Hall–Kier alpha value is -0.810. The number of rotatable bonds is 6. The van der Waals surface area contributed by atoms with E-state index in [2.05, 4.69) is 5.32 Å². The fourth-order valence-electron chi connectivity index (χ4n) is 2.26. The van der Waals surface area contributed by atoms with E-state index in [0.29, 0.717) is 25.5 Å². The molecule has 19 heavy (non-hydrogen) atoms. The molecule has 5 nitrogen and oxygen atoms in total. The minimum Gasteiger partial charge on any atom is -0.466 e. The summed E-state index contributed by atoms with van der Waals surface area (Å²) in [5.74, 6) is -0.294. The first-order valence-electron chi connectivity index (χ1n) is 6.73. The largest absolute Gasteiger partial charge is 0.466 e. The van der Waals surface area contributed by atoms with Gasteiger partial charge >= 0.3 is 5.97 Å². The molecular formula is C13H25ClN2O3. The summed E-state index contributed by atoms with van der Waals surface area (Å²) in [5, 5.41) is 2.77. The van der Waals surface area contributed by atoms with E-state index >= 15 is 0 Å². The van der Waals surface area contributed by atoms with Gasteiger partial charge in [0.2, 0.25) is 5.91 Å². The van der Waals surface area contributed by atoms with Crippen molar-refractivity contribution >= 4 is 24.3 Å². The highest BCUT2D eigenvalue weighted by Gasteiger charge is 2.26. The predicted octanol–water partition coefficient (Wildman–Crippen LogP) is 1.24. The number of ether oxygens (including phenoxy) is 1. The van der Waals surface area contributed by atoms with Crippen LogP contribution in [0, 0.1) is 11.8 Å². The molecule has 1 amide bonds. The normalized spacial score (nSPS) is 23.3. The minimum absolute atomic E-state index is 0. The van der Waals surface area contributed by atoms with Crippen molar-refractivity contribution in [1.82, 2.24) is 5.32 Å². The number of esters is 1. The van der Waals surface area contributed by atoms with E-state index in [4.69, 9.17) is 10.5 Å². The van der Waals surface area contributed by atoms with Gasteiger partial charge in [-0.25, -0.2) is 0 Å². The predicted molar refractivity (Wildman–Crippen MR) is 76.0 cm³/mol. The molecule has 1 rings (SSSR count). The fraction of sp³-hybridized carbons (Fsp3) is 0.846. The lowest BCUT2D eigenvalue weighted by molar-refractivity contribution is -0.147. The van der Waals surface area contributed by atoms with Crippen molar-refractivity contribution < 1.29 is 14.3 Å². The molecule has 3 N–H and O–H groups in total. The van der Waals surface area contributed by atoms with Crippen LogP contribution in [0.4, 0.5) is 0 Å². The Bertz CT molecular complexity index is 300. The number of carbonyl (C=O) groups is 2. The van der Waals surface area contributed by atoms with Gasteiger partial charge in [0.05, 0.1) is 12.5 Å². The van der Waals surface area contributed by atoms with Gasteiger partial charge in [-0.2, -0.15) is 0 Å². The molecule has 0 aromatic carbocycles. The van der Waals surface area contributed by atoms with Crippen LogP contribution in [0.15, 0.2) is 0 Å². The Morgan fingerprint density at radius 2 is 2.11 bits per heavy atom. The van der Waals surface area contributed by atoms with E-state index in [-0.39, 0.29) is 36.2 Å². The highest BCUT2D eigenvalue weighted by molar-refractivity contribution is 5.85. The van der Waals surface area contributed by atoms with Crippen LogP contribution in [0.2, 0.25) is 0 Å². The zero-order chi connectivity index (χ0) is 13.5. The summed E-state index contributed by atoms with van der Waals surface area (Å²) in [6.07, 6.45) is 3.62. The van der Waals surface area contributed by atoms with Crippen LogP contribution in [-0.4, -0.2) is 31.1 Å². The van der Waals surface area contributed by atoms with E-state index in [1.54, 1.807) is 13.8 Å². The average molecular weight is 293 g/mol.